The minimum absolute atomic E-state index is 0.0390. The van der Waals surface area contributed by atoms with Crippen LogP contribution in [0.2, 0.25) is 0 Å². The fourth-order valence-corrected chi connectivity index (χ4v) is 0.886. The topological polar surface area (TPSA) is 26.3 Å². The van der Waals surface area contributed by atoms with Gasteiger partial charge >= 0.3 is 70.1 Å². The van der Waals surface area contributed by atoms with Crippen molar-refractivity contribution in [1.29, 1.82) is 0 Å². The van der Waals surface area contributed by atoms with Crippen LogP contribution in [0.5, 0.6) is 0 Å². The molecule has 0 aromatic carbocycles. The van der Waals surface area contributed by atoms with Crippen LogP contribution in [0.15, 0.2) is 0 Å². The molecule has 0 unspecified atom stereocenters. The van der Waals surface area contributed by atoms with Gasteiger partial charge in [-0.2, -0.15) is 0 Å². The molecule has 2 nitrogen and oxygen atoms in total. The van der Waals surface area contributed by atoms with Crippen molar-refractivity contribution in [2.24, 2.45) is 0 Å². The molecular formula is C8H19O2P. The molecule has 0 aliphatic carbocycles. The second-order valence-corrected chi connectivity index (χ2v) is 3.69. The van der Waals surface area contributed by atoms with Crippen LogP contribution in [0.1, 0.15) is 33.6 Å². The summed E-state index contributed by atoms with van der Waals surface area (Å²) in [6.45, 7) is 6.08. The Balaban J connectivity index is 3.96. The van der Waals surface area contributed by atoms with Crippen LogP contribution < -0.4 is 0 Å². The Kier molecular flexibility index (Phi) is 4.67. The van der Waals surface area contributed by atoms with E-state index in [1.807, 2.05) is 20.8 Å². The van der Waals surface area contributed by atoms with Gasteiger partial charge in [-0.15, -0.1) is 0 Å². The maximum absolute atomic E-state index is 11.0. The first-order valence-corrected chi connectivity index (χ1v) is 5.71. The second-order valence-electron chi connectivity index (χ2n) is 2.98. The molecule has 0 aromatic rings. The summed E-state index contributed by atoms with van der Waals surface area (Å²) < 4.78 is 5.28. The normalized spacial score (nSPS) is 11.4. The van der Waals surface area contributed by atoms with Crippen LogP contribution in [0.25, 0.3) is 0 Å². The molecule has 0 heterocycles. The summed E-state index contributed by atoms with van der Waals surface area (Å²) in [5, 5.41) is 0. The van der Waals surface area contributed by atoms with Crippen LogP contribution in [-0.4, -0.2) is 17.7 Å². The average Bonchev–Trinajstić information content (AvgIpc) is 2.04. The first kappa shape index (κ1) is 10.9. The van der Waals surface area contributed by atoms with E-state index in [2.05, 4.69) is 0 Å². The Morgan fingerprint density at radius 3 is 2.18 bits per heavy atom. The summed E-state index contributed by atoms with van der Waals surface area (Å²) >= 11 is 0. The van der Waals surface area contributed by atoms with Gasteiger partial charge in [0.05, 0.1) is 0 Å². The van der Waals surface area contributed by atoms with Gasteiger partial charge in [-0.25, -0.2) is 0 Å². The molecule has 0 spiro atoms. The number of ether oxygens (including phenoxy) is 1. The summed E-state index contributed by atoms with van der Waals surface area (Å²) in [5.74, 6) is -0.0390. The van der Waals surface area contributed by atoms with Crippen molar-refractivity contribution >= 4 is 15.2 Å². The van der Waals surface area contributed by atoms with Gasteiger partial charge in [-0.05, 0) is 0 Å². The second kappa shape index (κ2) is 4.71. The molecule has 0 radical (unpaired) electrons. The molecule has 0 atom stereocenters. The Bertz CT molecular complexity index is 130. The average molecular weight is 178 g/mol. The van der Waals surface area contributed by atoms with Crippen LogP contribution >= 0.6 is 9.24 Å². The molecule has 68 valence electrons. The molecule has 0 aliphatic rings. The Labute approximate surface area is 70.9 Å². The summed E-state index contributed by atoms with van der Waals surface area (Å²) in [5.41, 5.74) is -0.221. The molecule has 3 heteroatoms. The molecule has 0 amide bonds. The van der Waals surface area contributed by atoms with Crippen molar-refractivity contribution < 1.29 is 9.53 Å². The molecule has 0 aliphatic heterocycles. The van der Waals surface area contributed by atoms with Gasteiger partial charge in [0.1, 0.15) is 0 Å². The van der Waals surface area contributed by atoms with E-state index >= 15 is 0 Å². The van der Waals surface area contributed by atoms with E-state index < -0.39 is 0 Å². The van der Waals surface area contributed by atoms with E-state index in [-0.39, 0.29) is 11.6 Å². The number of carbonyl (C=O) groups is 1. The third kappa shape index (κ3) is 3.71. The Morgan fingerprint density at radius 1 is 1.45 bits per heavy atom. The fraction of sp³-hybridized carbons (Fsp3) is 0.875. The van der Waals surface area contributed by atoms with Gasteiger partial charge in [-0.3, -0.25) is 0 Å². The van der Waals surface area contributed by atoms with E-state index in [0.29, 0.717) is 6.16 Å². The van der Waals surface area contributed by atoms with Crippen LogP contribution in [-0.2, 0) is 9.53 Å². The molecule has 0 fully saturated rings. The van der Waals surface area contributed by atoms with E-state index in [0.717, 1.165) is 22.1 Å². The number of esters is 1. The van der Waals surface area contributed by atoms with Crippen molar-refractivity contribution in [3.05, 3.63) is 0 Å². The van der Waals surface area contributed by atoms with Gasteiger partial charge < -0.3 is 0 Å². The summed E-state index contributed by atoms with van der Waals surface area (Å²) in [4.78, 5) is 11.0. The van der Waals surface area contributed by atoms with E-state index in [1.165, 1.54) is 0 Å². The first-order valence-electron chi connectivity index (χ1n) is 4.29. The quantitative estimate of drug-likeness (QED) is 0.481. The third-order valence-electron chi connectivity index (χ3n) is 2.14. The van der Waals surface area contributed by atoms with Crippen molar-refractivity contribution in [2.75, 3.05) is 6.16 Å². The van der Waals surface area contributed by atoms with E-state index in [4.69, 9.17) is 4.74 Å². The Morgan fingerprint density at radius 2 is 1.91 bits per heavy atom. The maximum atomic E-state index is 11.0. The zero-order chi connectivity index (χ0) is 8.91. The van der Waals surface area contributed by atoms with E-state index in [9.17, 15) is 4.79 Å². The van der Waals surface area contributed by atoms with Crippen molar-refractivity contribution in [3.8, 4) is 0 Å². The van der Waals surface area contributed by atoms with Gasteiger partial charge in [0.2, 0.25) is 0 Å². The zero-order valence-electron chi connectivity index (χ0n) is 7.94. The molecule has 0 rings (SSSR count). The number of hydrogen-bond donors (Lipinski definition) is 0. The SMILES string of the molecule is CCC(C)(CC)OC(=O)C[PH4]. The van der Waals surface area contributed by atoms with Crippen LogP contribution in [0.4, 0.5) is 0 Å². The molecular weight excluding hydrogens is 159 g/mol. The van der Waals surface area contributed by atoms with Crippen LogP contribution in [0, 0.1) is 0 Å². The standard InChI is InChI=1S/C8H19O2P/c1-4-8(3,5-2)10-7(9)6-11/h4-6H2,1-3H3,11H4. The van der Waals surface area contributed by atoms with Crippen molar-refractivity contribution in [3.63, 3.8) is 0 Å². The van der Waals surface area contributed by atoms with Crippen molar-refractivity contribution in [1.82, 2.24) is 0 Å². The summed E-state index contributed by atoms with van der Waals surface area (Å²) in [6.07, 6.45) is 2.41. The minimum atomic E-state index is -0.221. The molecule has 0 N–H and O–H groups in total. The molecule has 0 saturated heterocycles. The van der Waals surface area contributed by atoms with Gasteiger partial charge in [0.25, 0.3) is 0 Å². The predicted molar refractivity (Wildman–Crippen MR) is 52.4 cm³/mol. The molecule has 0 aromatic heterocycles. The number of hydrogen-bond acceptors (Lipinski definition) is 2. The van der Waals surface area contributed by atoms with Crippen molar-refractivity contribution in [2.45, 2.75) is 39.2 Å². The van der Waals surface area contributed by atoms with Crippen LogP contribution in [0.3, 0.4) is 0 Å². The number of carbonyl (C=O) groups excluding carboxylic acids is 1. The zero-order valence-corrected chi connectivity index (χ0v) is 9.94. The molecule has 0 saturated carbocycles. The third-order valence-corrected chi connectivity index (χ3v) is 2.72. The first-order chi connectivity index (χ1) is 5.08. The summed E-state index contributed by atoms with van der Waals surface area (Å²) in [7, 11) is 0.897. The van der Waals surface area contributed by atoms with Gasteiger partial charge in [0, 0.05) is 0 Å². The fourth-order valence-electron chi connectivity index (χ4n) is 0.741. The van der Waals surface area contributed by atoms with Gasteiger partial charge in [-0.1, -0.05) is 0 Å². The number of rotatable bonds is 4. The van der Waals surface area contributed by atoms with Gasteiger partial charge in [0.15, 0.2) is 0 Å². The summed E-state index contributed by atoms with van der Waals surface area (Å²) in [6, 6.07) is 0. The monoisotopic (exact) mass is 178 g/mol. The molecule has 11 heavy (non-hydrogen) atoms. The molecule has 0 bridgehead atoms. The Hall–Kier alpha value is -0.100. The van der Waals surface area contributed by atoms with E-state index in [1.54, 1.807) is 0 Å². The predicted octanol–water partition coefficient (Wildman–Crippen LogP) is 1.45.